The summed E-state index contributed by atoms with van der Waals surface area (Å²) in [4.78, 5) is 12.3. The van der Waals surface area contributed by atoms with Crippen molar-refractivity contribution in [2.45, 2.75) is 45.3 Å². The molecule has 0 aliphatic rings. The summed E-state index contributed by atoms with van der Waals surface area (Å²) in [5, 5.41) is 22.5. The van der Waals surface area contributed by atoms with Crippen LogP contribution in [0.4, 0.5) is 0 Å². The average molecular weight is 327 g/mol. The minimum atomic E-state index is -0.691. The summed E-state index contributed by atoms with van der Waals surface area (Å²) in [6.45, 7) is 5.41. The summed E-state index contributed by atoms with van der Waals surface area (Å²) in [6.07, 6.45) is 1.43. The number of aryl methyl sites for hydroxylation is 1. The van der Waals surface area contributed by atoms with Crippen molar-refractivity contribution < 1.29 is 15.0 Å². The minimum absolute atomic E-state index is 0.173. The van der Waals surface area contributed by atoms with Gasteiger partial charge in [-0.15, -0.1) is 0 Å². The zero-order chi connectivity index (χ0) is 17.7. The molecular weight excluding hydrogens is 302 g/mol. The van der Waals surface area contributed by atoms with Gasteiger partial charge in [0.15, 0.2) is 0 Å². The highest BCUT2D eigenvalue weighted by Gasteiger charge is 2.15. The summed E-state index contributed by atoms with van der Waals surface area (Å²) in [5.74, 6) is -0.00735. The second kappa shape index (κ2) is 7.49. The quantitative estimate of drug-likeness (QED) is 0.759. The summed E-state index contributed by atoms with van der Waals surface area (Å²) < 4.78 is 0. The van der Waals surface area contributed by atoms with Gasteiger partial charge in [-0.2, -0.15) is 0 Å². The number of rotatable bonds is 6. The van der Waals surface area contributed by atoms with Gasteiger partial charge >= 0.3 is 0 Å². The van der Waals surface area contributed by atoms with Crippen molar-refractivity contribution in [3.8, 4) is 5.75 Å². The zero-order valence-electron chi connectivity index (χ0n) is 14.4. The Labute approximate surface area is 143 Å². The van der Waals surface area contributed by atoms with Crippen LogP contribution in [0.15, 0.2) is 48.5 Å². The van der Waals surface area contributed by atoms with Gasteiger partial charge in [-0.3, -0.25) is 4.79 Å². The maximum Gasteiger partial charge on any atom is 0.251 e. The first-order valence-corrected chi connectivity index (χ1v) is 8.16. The first kappa shape index (κ1) is 18.0. The Hall–Kier alpha value is -2.33. The summed E-state index contributed by atoms with van der Waals surface area (Å²) in [6, 6.07) is 14.1. The smallest absolute Gasteiger partial charge is 0.251 e. The molecule has 1 amide bonds. The van der Waals surface area contributed by atoms with E-state index < -0.39 is 5.60 Å². The molecule has 2 aromatic rings. The molecule has 0 fully saturated rings. The van der Waals surface area contributed by atoms with Crippen LogP contribution < -0.4 is 5.32 Å². The number of carbonyl (C=O) groups excluding carboxylic acids is 1. The summed E-state index contributed by atoms with van der Waals surface area (Å²) in [5.41, 5.74) is 1.66. The Bertz CT molecular complexity index is 687. The number of phenols is 1. The number of nitrogens with one attached hydrogen (secondary N) is 1. The van der Waals surface area contributed by atoms with Gasteiger partial charge in [0.2, 0.25) is 0 Å². The van der Waals surface area contributed by atoms with E-state index in [2.05, 4.69) is 5.32 Å². The van der Waals surface area contributed by atoms with Crippen molar-refractivity contribution in [3.63, 3.8) is 0 Å². The Balaban J connectivity index is 1.99. The van der Waals surface area contributed by atoms with Gasteiger partial charge in [0.05, 0.1) is 11.6 Å². The highest BCUT2D eigenvalue weighted by atomic mass is 16.3. The van der Waals surface area contributed by atoms with E-state index in [1.165, 1.54) is 0 Å². The fraction of sp³-hybridized carbons (Fsp3) is 0.350. The van der Waals surface area contributed by atoms with Crippen LogP contribution in [0.25, 0.3) is 0 Å². The molecule has 24 heavy (non-hydrogen) atoms. The lowest BCUT2D eigenvalue weighted by atomic mass is 9.98. The molecule has 0 unspecified atom stereocenters. The maximum absolute atomic E-state index is 12.3. The predicted molar refractivity (Wildman–Crippen MR) is 95.0 cm³/mol. The van der Waals surface area contributed by atoms with E-state index in [9.17, 15) is 15.0 Å². The number of phenolic OH excluding ortho intramolecular Hbond substituents is 1. The number of aliphatic hydroxyl groups is 1. The predicted octanol–water partition coefficient (Wildman–Crippen LogP) is 3.59. The fourth-order valence-corrected chi connectivity index (χ4v) is 2.48. The summed E-state index contributed by atoms with van der Waals surface area (Å²) >= 11 is 0. The van der Waals surface area contributed by atoms with E-state index in [-0.39, 0.29) is 17.7 Å². The van der Waals surface area contributed by atoms with E-state index in [0.717, 1.165) is 12.0 Å². The number of benzene rings is 2. The Kier molecular flexibility index (Phi) is 5.62. The zero-order valence-corrected chi connectivity index (χ0v) is 14.4. The molecule has 0 heterocycles. The molecule has 1 atom stereocenters. The summed E-state index contributed by atoms with van der Waals surface area (Å²) in [7, 11) is 0. The van der Waals surface area contributed by atoms with E-state index in [4.69, 9.17) is 0 Å². The van der Waals surface area contributed by atoms with Crippen molar-refractivity contribution in [2.75, 3.05) is 0 Å². The topological polar surface area (TPSA) is 69.6 Å². The van der Waals surface area contributed by atoms with Gasteiger partial charge in [0.1, 0.15) is 5.75 Å². The van der Waals surface area contributed by atoms with E-state index in [1.807, 2.05) is 25.1 Å². The second-order valence-electron chi connectivity index (χ2n) is 6.76. The van der Waals surface area contributed by atoms with Crippen molar-refractivity contribution in [1.29, 1.82) is 0 Å². The molecule has 128 valence electrons. The molecule has 0 saturated heterocycles. The Morgan fingerprint density at radius 2 is 1.75 bits per heavy atom. The van der Waals surface area contributed by atoms with Crippen LogP contribution in [-0.4, -0.2) is 21.7 Å². The molecule has 4 nitrogen and oxygen atoms in total. The van der Waals surface area contributed by atoms with Crippen LogP contribution >= 0.6 is 0 Å². The lowest BCUT2D eigenvalue weighted by molar-refractivity contribution is 0.0713. The van der Waals surface area contributed by atoms with Gasteiger partial charge in [-0.1, -0.05) is 30.3 Å². The average Bonchev–Trinajstić information content (AvgIpc) is 2.53. The number of hydrogen-bond acceptors (Lipinski definition) is 3. The van der Waals surface area contributed by atoms with Crippen LogP contribution in [0.5, 0.6) is 5.75 Å². The number of aromatic hydroxyl groups is 1. The highest BCUT2D eigenvalue weighted by Crippen LogP contribution is 2.23. The largest absolute Gasteiger partial charge is 0.508 e. The molecule has 3 N–H and O–H groups in total. The normalized spacial score (nSPS) is 12.7. The van der Waals surface area contributed by atoms with Crippen LogP contribution in [0.1, 0.15) is 54.7 Å². The van der Waals surface area contributed by atoms with Gasteiger partial charge in [-0.05, 0) is 57.4 Å². The van der Waals surface area contributed by atoms with Crippen molar-refractivity contribution in [1.82, 2.24) is 5.32 Å². The number of para-hydroxylation sites is 1. The van der Waals surface area contributed by atoms with E-state index in [1.54, 1.807) is 44.2 Å². The van der Waals surface area contributed by atoms with Gasteiger partial charge in [0, 0.05) is 11.1 Å². The van der Waals surface area contributed by atoms with E-state index in [0.29, 0.717) is 17.5 Å². The maximum atomic E-state index is 12.3. The molecular formula is C20H25NO3. The third kappa shape index (κ3) is 5.10. The molecule has 0 radical (unpaired) electrons. The molecule has 0 saturated carbocycles. The first-order chi connectivity index (χ1) is 11.3. The van der Waals surface area contributed by atoms with Crippen molar-refractivity contribution >= 4 is 5.91 Å². The second-order valence-corrected chi connectivity index (χ2v) is 6.76. The van der Waals surface area contributed by atoms with Gasteiger partial charge in [0.25, 0.3) is 5.91 Å². The highest BCUT2D eigenvalue weighted by molar-refractivity contribution is 5.94. The van der Waals surface area contributed by atoms with Gasteiger partial charge < -0.3 is 15.5 Å². The molecule has 0 aliphatic carbocycles. The standard InChI is InChI=1S/C20H25NO3/c1-14(17-6-4-5-7-18(17)22)21-19(23)16-10-8-15(9-11-16)12-13-20(2,3)24/h4-11,14,22,24H,12-13H2,1-3H3,(H,21,23)/t14-/m0/s1. The Morgan fingerprint density at radius 1 is 1.12 bits per heavy atom. The molecule has 0 spiro atoms. The third-order valence-corrected chi connectivity index (χ3v) is 3.99. The lowest BCUT2D eigenvalue weighted by Crippen LogP contribution is -2.26. The van der Waals surface area contributed by atoms with Crippen molar-refractivity contribution in [2.24, 2.45) is 0 Å². The lowest BCUT2D eigenvalue weighted by Gasteiger charge is -2.17. The molecule has 2 rings (SSSR count). The van der Waals surface area contributed by atoms with Crippen LogP contribution in [0.3, 0.4) is 0 Å². The number of carbonyl (C=O) groups is 1. The first-order valence-electron chi connectivity index (χ1n) is 8.16. The van der Waals surface area contributed by atoms with Crippen LogP contribution in [0, 0.1) is 0 Å². The van der Waals surface area contributed by atoms with Gasteiger partial charge in [-0.25, -0.2) is 0 Å². The van der Waals surface area contributed by atoms with Crippen LogP contribution in [0.2, 0.25) is 0 Å². The molecule has 0 aliphatic heterocycles. The molecule has 2 aromatic carbocycles. The molecule has 4 heteroatoms. The molecule has 0 bridgehead atoms. The van der Waals surface area contributed by atoms with E-state index >= 15 is 0 Å². The minimum Gasteiger partial charge on any atom is -0.508 e. The fourth-order valence-electron chi connectivity index (χ4n) is 2.48. The monoisotopic (exact) mass is 327 g/mol. The van der Waals surface area contributed by atoms with Crippen LogP contribution in [-0.2, 0) is 6.42 Å². The Morgan fingerprint density at radius 3 is 2.33 bits per heavy atom. The number of hydrogen-bond donors (Lipinski definition) is 3. The van der Waals surface area contributed by atoms with Crippen molar-refractivity contribution in [3.05, 3.63) is 65.2 Å². The number of amides is 1. The molecule has 0 aromatic heterocycles. The third-order valence-electron chi connectivity index (χ3n) is 3.99. The SMILES string of the molecule is C[C@H](NC(=O)c1ccc(CCC(C)(C)O)cc1)c1ccccc1O.